The molecular formula is C28H24N4O3S. The van der Waals surface area contributed by atoms with Crippen LogP contribution in [-0.4, -0.2) is 32.8 Å². The lowest BCUT2D eigenvalue weighted by molar-refractivity contribution is -0.117. The summed E-state index contributed by atoms with van der Waals surface area (Å²) in [6, 6.07) is 24.8. The third-order valence-electron chi connectivity index (χ3n) is 5.62. The summed E-state index contributed by atoms with van der Waals surface area (Å²) in [4.78, 5) is 33.1. The van der Waals surface area contributed by atoms with Crippen molar-refractivity contribution in [2.24, 2.45) is 0 Å². The lowest BCUT2D eigenvalue weighted by Gasteiger charge is -2.20. The van der Waals surface area contributed by atoms with Crippen molar-refractivity contribution >= 4 is 29.1 Å². The second-order valence-corrected chi connectivity index (χ2v) is 9.24. The normalized spacial score (nSPS) is 10.8. The van der Waals surface area contributed by atoms with Gasteiger partial charge in [0.25, 0.3) is 5.91 Å². The highest BCUT2D eigenvalue weighted by Crippen LogP contribution is 2.25. The average Bonchev–Trinajstić information content (AvgIpc) is 3.67. The topological polar surface area (TPSA) is 80.4 Å². The summed E-state index contributed by atoms with van der Waals surface area (Å²) >= 11 is 1.33. The molecule has 1 N–H and O–H groups in total. The molecule has 0 aliphatic heterocycles. The number of hydrogen-bond acceptors (Lipinski definition) is 5. The van der Waals surface area contributed by atoms with E-state index in [0.717, 1.165) is 22.5 Å². The van der Waals surface area contributed by atoms with Crippen molar-refractivity contribution in [3.05, 3.63) is 113 Å². The smallest absolute Gasteiger partial charge is 0.264 e. The quantitative estimate of drug-likeness (QED) is 0.295. The van der Waals surface area contributed by atoms with E-state index in [0.29, 0.717) is 16.6 Å². The molecule has 0 radical (unpaired) electrons. The summed E-state index contributed by atoms with van der Waals surface area (Å²) in [6.07, 6.45) is 3.44. The molecule has 0 unspecified atom stereocenters. The molecule has 3 heterocycles. The fraction of sp³-hybridized carbons (Fsp3) is 0.107. The number of nitrogens with zero attached hydrogens (tertiary/aromatic N) is 3. The monoisotopic (exact) mass is 496 g/mol. The molecule has 2 amide bonds. The predicted octanol–water partition coefficient (Wildman–Crippen LogP) is 5.78. The number of anilines is 1. The number of furan rings is 1. The number of benzene rings is 2. The van der Waals surface area contributed by atoms with Gasteiger partial charge in [-0.2, -0.15) is 0 Å². The zero-order valence-electron chi connectivity index (χ0n) is 19.6. The van der Waals surface area contributed by atoms with Crippen LogP contribution in [0.15, 0.2) is 101 Å². The Morgan fingerprint density at radius 3 is 2.50 bits per heavy atom. The van der Waals surface area contributed by atoms with E-state index in [-0.39, 0.29) is 24.9 Å². The highest BCUT2D eigenvalue weighted by Gasteiger charge is 2.22. The third kappa shape index (κ3) is 5.29. The number of nitrogens with one attached hydrogen (secondary N) is 1. The Kier molecular flexibility index (Phi) is 6.77. The van der Waals surface area contributed by atoms with Crippen molar-refractivity contribution in [3.63, 3.8) is 0 Å². The largest absolute Gasteiger partial charge is 0.467 e. The fourth-order valence-electron chi connectivity index (χ4n) is 3.80. The van der Waals surface area contributed by atoms with Gasteiger partial charge in [-0.25, -0.2) is 4.98 Å². The van der Waals surface area contributed by atoms with E-state index in [1.165, 1.54) is 16.2 Å². The second-order valence-electron chi connectivity index (χ2n) is 8.29. The molecule has 3 aromatic heterocycles. The summed E-state index contributed by atoms with van der Waals surface area (Å²) in [5, 5.41) is 4.75. The van der Waals surface area contributed by atoms with Crippen molar-refractivity contribution in [3.8, 4) is 16.9 Å². The summed E-state index contributed by atoms with van der Waals surface area (Å²) in [5.41, 5.74) is 3.67. The number of aryl methyl sites for hydroxylation is 1. The number of aromatic nitrogens is 2. The minimum Gasteiger partial charge on any atom is -0.467 e. The molecule has 0 aliphatic carbocycles. The van der Waals surface area contributed by atoms with Crippen molar-refractivity contribution in [1.29, 1.82) is 0 Å². The molecule has 5 aromatic rings. The van der Waals surface area contributed by atoms with Crippen LogP contribution in [0.5, 0.6) is 0 Å². The van der Waals surface area contributed by atoms with Crippen LogP contribution < -0.4 is 5.32 Å². The van der Waals surface area contributed by atoms with Gasteiger partial charge in [-0.1, -0.05) is 54.1 Å². The number of rotatable bonds is 8. The van der Waals surface area contributed by atoms with Crippen LogP contribution >= 0.6 is 11.3 Å². The molecule has 0 bridgehead atoms. The molecule has 7 nitrogen and oxygen atoms in total. The van der Waals surface area contributed by atoms with Crippen molar-refractivity contribution in [2.75, 3.05) is 11.9 Å². The number of hydrogen-bond donors (Lipinski definition) is 1. The van der Waals surface area contributed by atoms with Crippen LogP contribution in [0.1, 0.15) is 21.0 Å². The number of carbonyl (C=O) groups excluding carboxylic acids is 2. The van der Waals surface area contributed by atoms with Gasteiger partial charge in [0.2, 0.25) is 11.9 Å². The van der Waals surface area contributed by atoms with Gasteiger partial charge in [-0.05, 0) is 42.6 Å². The van der Waals surface area contributed by atoms with Gasteiger partial charge in [-0.3, -0.25) is 19.5 Å². The molecule has 0 aliphatic rings. The van der Waals surface area contributed by atoms with Crippen LogP contribution in [0.3, 0.4) is 0 Å². The van der Waals surface area contributed by atoms with Gasteiger partial charge in [-0.15, -0.1) is 11.3 Å². The Morgan fingerprint density at radius 1 is 1.00 bits per heavy atom. The maximum Gasteiger partial charge on any atom is 0.264 e. The first-order chi connectivity index (χ1) is 17.6. The standard InChI is InChI=1S/C28H24N4O3S/c1-20-11-13-22(14-12-20)32-18-24(21-7-3-2-4-8-21)29-28(32)30-26(33)19-31(17-23-9-5-15-35-23)27(34)25-10-6-16-36-25/h2-16,18H,17,19H2,1H3,(H,29,30,33). The summed E-state index contributed by atoms with van der Waals surface area (Å²) in [6.45, 7) is 2.05. The van der Waals surface area contributed by atoms with E-state index in [4.69, 9.17) is 9.40 Å². The fourth-order valence-corrected chi connectivity index (χ4v) is 4.49. The third-order valence-corrected chi connectivity index (χ3v) is 6.48. The van der Waals surface area contributed by atoms with Gasteiger partial charge in [0.1, 0.15) is 12.3 Å². The van der Waals surface area contributed by atoms with Crippen LogP contribution in [0.4, 0.5) is 5.95 Å². The van der Waals surface area contributed by atoms with Gasteiger partial charge in [0.15, 0.2) is 0 Å². The minimum atomic E-state index is -0.356. The molecule has 0 fully saturated rings. The molecule has 36 heavy (non-hydrogen) atoms. The Hall–Kier alpha value is -4.43. The summed E-state index contributed by atoms with van der Waals surface area (Å²) < 4.78 is 7.28. The molecule has 180 valence electrons. The van der Waals surface area contributed by atoms with Crippen molar-refractivity contribution in [2.45, 2.75) is 13.5 Å². The molecule has 0 atom stereocenters. The lowest BCUT2D eigenvalue weighted by Crippen LogP contribution is -2.37. The Bertz CT molecular complexity index is 1440. The van der Waals surface area contributed by atoms with E-state index >= 15 is 0 Å². The molecule has 5 rings (SSSR count). The molecule has 0 saturated carbocycles. The first-order valence-electron chi connectivity index (χ1n) is 11.4. The second kappa shape index (κ2) is 10.5. The summed E-state index contributed by atoms with van der Waals surface area (Å²) in [5.74, 6) is 0.387. The van der Waals surface area contributed by atoms with Crippen LogP contribution in [0, 0.1) is 6.92 Å². The Labute approximate surface area is 212 Å². The van der Waals surface area contributed by atoms with Gasteiger partial charge < -0.3 is 9.32 Å². The molecule has 2 aromatic carbocycles. The molecule has 0 spiro atoms. The first kappa shape index (κ1) is 23.3. The Balaban J connectivity index is 1.42. The van der Waals surface area contributed by atoms with Gasteiger partial charge in [0.05, 0.1) is 23.4 Å². The number of carbonyl (C=O) groups is 2. The zero-order valence-corrected chi connectivity index (χ0v) is 20.4. The van der Waals surface area contributed by atoms with Crippen LogP contribution in [-0.2, 0) is 11.3 Å². The molecule has 8 heteroatoms. The van der Waals surface area contributed by atoms with E-state index in [2.05, 4.69) is 5.32 Å². The minimum absolute atomic E-state index is 0.154. The highest BCUT2D eigenvalue weighted by atomic mass is 32.1. The van der Waals surface area contributed by atoms with Crippen molar-refractivity contribution in [1.82, 2.24) is 14.5 Å². The first-order valence-corrected chi connectivity index (χ1v) is 12.3. The lowest BCUT2D eigenvalue weighted by atomic mass is 10.2. The van der Waals surface area contributed by atoms with E-state index in [9.17, 15) is 9.59 Å². The number of thiophene rings is 1. The van der Waals surface area contributed by atoms with E-state index in [1.807, 2.05) is 83.7 Å². The van der Waals surface area contributed by atoms with E-state index < -0.39 is 0 Å². The predicted molar refractivity (Wildman–Crippen MR) is 140 cm³/mol. The number of amides is 2. The maximum atomic E-state index is 13.2. The highest BCUT2D eigenvalue weighted by molar-refractivity contribution is 7.12. The van der Waals surface area contributed by atoms with Crippen LogP contribution in [0.25, 0.3) is 16.9 Å². The Morgan fingerprint density at radius 2 is 1.81 bits per heavy atom. The molecule has 0 saturated heterocycles. The maximum absolute atomic E-state index is 13.2. The summed E-state index contributed by atoms with van der Waals surface area (Å²) in [7, 11) is 0. The zero-order chi connectivity index (χ0) is 24.9. The molecular weight excluding hydrogens is 472 g/mol. The van der Waals surface area contributed by atoms with Crippen molar-refractivity contribution < 1.29 is 14.0 Å². The SMILES string of the molecule is Cc1ccc(-n2cc(-c3ccccc3)nc2NC(=O)CN(Cc2ccco2)C(=O)c2cccs2)cc1. The number of imidazole rings is 1. The van der Waals surface area contributed by atoms with Gasteiger partial charge >= 0.3 is 0 Å². The van der Waals surface area contributed by atoms with Gasteiger partial charge in [0, 0.05) is 17.4 Å². The van der Waals surface area contributed by atoms with E-state index in [1.54, 1.807) is 24.5 Å². The average molecular weight is 497 g/mol. The van der Waals surface area contributed by atoms with Crippen LogP contribution in [0.2, 0.25) is 0 Å².